The third-order valence-corrected chi connectivity index (χ3v) is 6.45. The van der Waals surface area contributed by atoms with Crippen LogP contribution in [0.15, 0.2) is 78.1 Å². The molecule has 0 fully saturated rings. The highest BCUT2D eigenvalue weighted by Gasteiger charge is 2.16. The number of carbonyl (C=O) groups excluding carboxylic acids is 1. The van der Waals surface area contributed by atoms with Gasteiger partial charge in [0.2, 0.25) is 10.0 Å². The zero-order valence-electron chi connectivity index (χ0n) is 17.7. The van der Waals surface area contributed by atoms with Crippen molar-refractivity contribution in [3.63, 3.8) is 0 Å². The van der Waals surface area contributed by atoms with Crippen molar-refractivity contribution >= 4 is 27.0 Å². The van der Waals surface area contributed by atoms with Crippen molar-refractivity contribution in [3.8, 4) is 5.82 Å². The van der Waals surface area contributed by atoms with Gasteiger partial charge in [-0.1, -0.05) is 18.2 Å². The van der Waals surface area contributed by atoms with E-state index in [1.54, 1.807) is 26.4 Å². The number of hydrogen-bond donors (Lipinski definition) is 2. The highest BCUT2D eigenvalue weighted by atomic mass is 32.2. The van der Waals surface area contributed by atoms with Crippen molar-refractivity contribution < 1.29 is 13.2 Å². The first-order chi connectivity index (χ1) is 15.3. The molecule has 2 N–H and O–H groups in total. The minimum Gasteiger partial charge on any atom is -0.348 e. The number of fused-ring (bicyclic) bond motifs is 1. The molecule has 0 aliphatic rings. The lowest BCUT2D eigenvalue weighted by molar-refractivity contribution is 0.0950. The highest BCUT2D eigenvalue weighted by molar-refractivity contribution is 7.89. The Morgan fingerprint density at radius 3 is 2.44 bits per heavy atom. The van der Waals surface area contributed by atoms with Gasteiger partial charge in [-0.05, 0) is 61.9 Å². The number of nitrogens with one attached hydrogen (secondary N) is 2. The van der Waals surface area contributed by atoms with E-state index in [1.807, 2.05) is 41.0 Å². The maximum absolute atomic E-state index is 12.4. The first-order valence-electron chi connectivity index (χ1n) is 10.1. The first kappa shape index (κ1) is 21.7. The standard InChI is InChI=1S/C23H23N5O3S/c1-16(2)27-32(30,31)19-10-8-18(9-11-19)23(29)25-14-17-7-12-22(24-13-17)28-15-26-20-5-3-4-6-21(20)28/h3-13,15-16,27H,14H2,1-2H3,(H,25,29). The molecular weight excluding hydrogens is 426 g/mol. The van der Waals surface area contributed by atoms with Gasteiger partial charge >= 0.3 is 0 Å². The van der Waals surface area contributed by atoms with Crippen molar-refractivity contribution in [3.05, 3.63) is 84.3 Å². The van der Waals surface area contributed by atoms with Gasteiger partial charge in [0.1, 0.15) is 12.1 Å². The molecule has 8 nitrogen and oxygen atoms in total. The van der Waals surface area contributed by atoms with Gasteiger partial charge < -0.3 is 5.32 Å². The third kappa shape index (κ3) is 4.68. The van der Waals surface area contributed by atoms with Crippen LogP contribution in [0.3, 0.4) is 0 Å². The minimum atomic E-state index is -3.59. The molecule has 4 aromatic rings. The van der Waals surface area contributed by atoms with Crippen LogP contribution in [0.25, 0.3) is 16.9 Å². The van der Waals surface area contributed by atoms with Crippen LogP contribution in [0.4, 0.5) is 0 Å². The molecule has 2 aromatic carbocycles. The lowest BCUT2D eigenvalue weighted by Crippen LogP contribution is -2.30. The van der Waals surface area contributed by atoms with E-state index >= 15 is 0 Å². The largest absolute Gasteiger partial charge is 0.348 e. The Morgan fingerprint density at radius 1 is 1.00 bits per heavy atom. The van der Waals surface area contributed by atoms with E-state index in [0.29, 0.717) is 12.1 Å². The number of pyridine rings is 1. The summed E-state index contributed by atoms with van der Waals surface area (Å²) in [6, 6.07) is 17.2. The van der Waals surface area contributed by atoms with Crippen molar-refractivity contribution in [1.82, 2.24) is 24.6 Å². The van der Waals surface area contributed by atoms with Gasteiger partial charge in [0, 0.05) is 24.3 Å². The number of sulfonamides is 1. The van der Waals surface area contributed by atoms with E-state index in [2.05, 4.69) is 20.0 Å². The monoisotopic (exact) mass is 449 g/mol. The second-order valence-corrected chi connectivity index (χ2v) is 9.32. The van der Waals surface area contributed by atoms with Crippen LogP contribution in [-0.2, 0) is 16.6 Å². The fraction of sp³-hybridized carbons (Fsp3) is 0.174. The maximum atomic E-state index is 12.4. The number of aromatic nitrogens is 3. The summed E-state index contributed by atoms with van der Waals surface area (Å²) >= 11 is 0. The molecule has 0 bridgehead atoms. The lowest BCUT2D eigenvalue weighted by atomic mass is 10.2. The number of carbonyl (C=O) groups is 1. The van der Waals surface area contributed by atoms with Crippen molar-refractivity contribution in [2.45, 2.75) is 31.3 Å². The number of benzene rings is 2. The van der Waals surface area contributed by atoms with Gasteiger partial charge in [0.05, 0.1) is 15.9 Å². The summed E-state index contributed by atoms with van der Waals surface area (Å²) in [5.41, 5.74) is 3.08. The van der Waals surface area contributed by atoms with Gasteiger partial charge in [-0.25, -0.2) is 23.1 Å². The van der Waals surface area contributed by atoms with E-state index in [4.69, 9.17) is 0 Å². The molecule has 0 saturated carbocycles. The Balaban J connectivity index is 1.40. The predicted octanol–water partition coefficient (Wildman–Crippen LogP) is 3.04. The summed E-state index contributed by atoms with van der Waals surface area (Å²) in [4.78, 5) is 21.4. The van der Waals surface area contributed by atoms with E-state index in [0.717, 1.165) is 22.4 Å². The average Bonchev–Trinajstić information content (AvgIpc) is 3.21. The molecule has 2 heterocycles. The second-order valence-electron chi connectivity index (χ2n) is 7.61. The Labute approximate surface area is 186 Å². The van der Waals surface area contributed by atoms with Crippen molar-refractivity contribution in [1.29, 1.82) is 0 Å². The second kappa shape index (κ2) is 8.89. The number of nitrogens with zero attached hydrogens (tertiary/aromatic N) is 3. The van der Waals surface area contributed by atoms with E-state index in [-0.39, 0.29) is 16.8 Å². The molecule has 164 valence electrons. The molecule has 2 aromatic heterocycles. The zero-order chi connectivity index (χ0) is 22.7. The van der Waals surface area contributed by atoms with Crippen LogP contribution >= 0.6 is 0 Å². The Kier molecular flexibility index (Phi) is 6.02. The van der Waals surface area contributed by atoms with E-state index in [1.165, 1.54) is 24.3 Å². The average molecular weight is 450 g/mol. The Hall–Kier alpha value is -3.56. The lowest BCUT2D eigenvalue weighted by Gasteiger charge is -2.10. The van der Waals surface area contributed by atoms with Gasteiger partial charge in [0.15, 0.2) is 0 Å². The van der Waals surface area contributed by atoms with Crippen LogP contribution in [0.5, 0.6) is 0 Å². The van der Waals surface area contributed by atoms with Crippen LogP contribution in [0.2, 0.25) is 0 Å². The molecule has 0 atom stereocenters. The summed E-state index contributed by atoms with van der Waals surface area (Å²) in [5.74, 6) is 0.441. The summed E-state index contributed by atoms with van der Waals surface area (Å²) < 4.78 is 28.8. The van der Waals surface area contributed by atoms with Gasteiger partial charge in [-0.15, -0.1) is 0 Å². The van der Waals surface area contributed by atoms with Crippen LogP contribution in [0.1, 0.15) is 29.8 Å². The Bertz CT molecular complexity index is 1340. The number of rotatable bonds is 7. The molecule has 32 heavy (non-hydrogen) atoms. The molecule has 0 saturated heterocycles. The van der Waals surface area contributed by atoms with E-state index in [9.17, 15) is 13.2 Å². The molecule has 9 heteroatoms. The maximum Gasteiger partial charge on any atom is 0.251 e. The zero-order valence-corrected chi connectivity index (χ0v) is 18.5. The third-order valence-electron chi connectivity index (χ3n) is 4.78. The van der Waals surface area contributed by atoms with Gasteiger partial charge in [0.25, 0.3) is 5.91 Å². The predicted molar refractivity (Wildman–Crippen MR) is 122 cm³/mol. The number of para-hydroxylation sites is 2. The van der Waals surface area contributed by atoms with Crippen molar-refractivity contribution in [2.75, 3.05) is 0 Å². The summed E-state index contributed by atoms with van der Waals surface area (Å²) in [6.07, 6.45) is 3.44. The molecule has 0 unspecified atom stereocenters. The van der Waals surface area contributed by atoms with Gasteiger partial charge in [-0.3, -0.25) is 9.36 Å². The van der Waals surface area contributed by atoms with Crippen LogP contribution in [-0.4, -0.2) is 34.9 Å². The summed E-state index contributed by atoms with van der Waals surface area (Å²) in [5, 5.41) is 2.83. The van der Waals surface area contributed by atoms with Crippen molar-refractivity contribution in [2.24, 2.45) is 0 Å². The van der Waals surface area contributed by atoms with Crippen LogP contribution in [0, 0.1) is 0 Å². The smallest absolute Gasteiger partial charge is 0.251 e. The fourth-order valence-corrected chi connectivity index (χ4v) is 4.50. The summed E-state index contributed by atoms with van der Waals surface area (Å²) in [7, 11) is -3.59. The Morgan fingerprint density at radius 2 is 1.75 bits per heavy atom. The number of hydrogen-bond acceptors (Lipinski definition) is 5. The molecular formula is C23H23N5O3S. The molecule has 4 rings (SSSR count). The molecule has 0 spiro atoms. The van der Waals surface area contributed by atoms with E-state index < -0.39 is 10.0 Å². The number of amides is 1. The molecule has 0 aliphatic heterocycles. The topological polar surface area (TPSA) is 106 Å². The number of imidazole rings is 1. The summed E-state index contributed by atoms with van der Waals surface area (Å²) in [6.45, 7) is 3.79. The SMILES string of the molecule is CC(C)NS(=O)(=O)c1ccc(C(=O)NCc2ccc(-n3cnc4ccccc43)nc2)cc1. The normalized spacial score (nSPS) is 11.7. The molecule has 0 radical (unpaired) electrons. The fourth-order valence-electron chi connectivity index (χ4n) is 3.25. The minimum absolute atomic E-state index is 0.120. The first-order valence-corrected chi connectivity index (χ1v) is 11.6. The molecule has 0 aliphatic carbocycles. The molecule has 1 amide bonds. The van der Waals surface area contributed by atoms with Crippen LogP contribution < -0.4 is 10.0 Å². The van der Waals surface area contributed by atoms with Gasteiger partial charge in [-0.2, -0.15) is 0 Å². The highest BCUT2D eigenvalue weighted by Crippen LogP contribution is 2.16. The quantitative estimate of drug-likeness (QED) is 0.451.